The summed E-state index contributed by atoms with van der Waals surface area (Å²) in [4.78, 5) is 0. The molecule has 0 aliphatic carbocycles. The second-order valence-corrected chi connectivity index (χ2v) is 3.20. The lowest BCUT2D eigenvalue weighted by atomic mass is 10.2. The fourth-order valence-electron chi connectivity index (χ4n) is 0.866. The molecule has 2 nitrogen and oxygen atoms in total. The summed E-state index contributed by atoms with van der Waals surface area (Å²) in [7, 11) is 0. The minimum atomic E-state index is -0.494. The van der Waals surface area contributed by atoms with E-state index in [2.05, 4.69) is 19.6 Å². The number of thiol groups is 1. The van der Waals surface area contributed by atoms with Gasteiger partial charge in [-0.05, 0) is 12.5 Å². The van der Waals surface area contributed by atoms with Crippen LogP contribution < -0.4 is 5.73 Å². The van der Waals surface area contributed by atoms with Crippen LogP contribution >= 0.6 is 12.6 Å². The molecule has 1 aromatic rings. The molecule has 0 amide bonds. The van der Waals surface area contributed by atoms with Gasteiger partial charge in [0.25, 0.3) is 0 Å². The quantitative estimate of drug-likeness (QED) is 0.552. The zero-order valence-electron chi connectivity index (χ0n) is 7.03. The van der Waals surface area contributed by atoms with Gasteiger partial charge in [0, 0.05) is 0 Å². The molecule has 12 heavy (non-hydrogen) atoms. The van der Waals surface area contributed by atoms with Gasteiger partial charge in [-0.25, -0.2) is 0 Å². The summed E-state index contributed by atoms with van der Waals surface area (Å²) in [5.41, 5.74) is 7.18. The lowest BCUT2D eigenvalue weighted by Gasteiger charge is -2.06. The number of benzene rings is 1. The molecule has 0 saturated heterocycles. The van der Waals surface area contributed by atoms with Crippen molar-refractivity contribution in [3.63, 3.8) is 0 Å². The van der Waals surface area contributed by atoms with Crippen molar-refractivity contribution in [3.8, 4) is 0 Å². The maximum absolute atomic E-state index is 5.31. The van der Waals surface area contributed by atoms with E-state index >= 15 is 0 Å². The minimum Gasteiger partial charge on any atom is -0.350 e. The first-order valence-corrected chi connectivity index (χ1v) is 4.31. The highest BCUT2D eigenvalue weighted by atomic mass is 32.1. The van der Waals surface area contributed by atoms with Crippen molar-refractivity contribution < 1.29 is 4.74 Å². The molecule has 1 atom stereocenters. The molecule has 1 aromatic carbocycles. The maximum Gasteiger partial charge on any atom is 0.151 e. The van der Waals surface area contributed by atoms with Crippen LogP contribution in [0.2, 0.25) is 0 Å². The largest absolute Gasteiger partial charge is 0.350 e. The molecule has 1 rings (SSSR count). The molecule has 0 radical (unpaired) electrons. The molecule has 0 bridgehead atoms. The summed E-state index contributed by atoms with van der Waals surface area (Å²) in [6, 6.07) is 8.13. The zero-order chi connectivity index (χ0) is 8.97. The van der Waals surface area contributed by atoms with Gasteiger partial charge < -0.3 is 4.74 Å². The Balaban J connectivity index is 2.48. The molecule has 2 N–H and O–H groups in total. The van der Waals surface area contributed by atoms with Gasteiger partial charge in [0.1, 0.15) is 0 Å². The van der Waals surface area contributed by atoms with Crippen LogP contribution in [0.15, 0.2) is 24.3 Å². The van der Waals surface area contributed by atoms with Crippen LogP contribution in [0.1, 0.15) is 11.1 Å². The molecule has 0 aliphatic rings. The van der Waals surface area contributed by atoms with Gasteiger partial charge in [-0.2, -0.15) is 0 Å². The Morgan fingerprint density at radius 1 is 1.42 bits per heavy atom. The van der Waals surface area contributed by atoms with Crippen molar-refractivity contribution in [1.82, 2.24) is 0 Å². The topological polar surface area (TPSA) is 35.2 Å². The first-order chi connectivity index (χ1) is 5.68. The lowest BCUT2D eigenvalue weighted by molar-refractivity contribution is 0.104. The van der Waals surface area contributed by atoms with Crippen molar-refractivity contribution in [2.45, 2.75) is 19.1 Å². The van der Waals surface area contributed by atoms with E-state index in [9.17, 15) is 0 Å². The number of nitrogens with two attached hydrogens (primary N) is 1. The van der Waals surface area contributed by atoms with E-state index in [1.807, 2.05) is 24.3 Å². The maximum atomic E-state index is 5.31. The van der Waals surface area contributed by atoms with Gasteiger partial charge in [-0.15, -0.1) is 12.6 Å². The number of rotatable bonds is 3. The molecular formula is C9H13NOS. The highest BCUT2D eigenvalue weighted by molar-refractivity contribution is 7.80. The summed E-state index contributed by atoms with van der Waals surface area (Å²) >= 11 is 3.90. The number of aryl methyl sites for hydroxylation is 1. The normalized spacial score (nSPS) is 12.9. The monoisotopic (exact) mass is 183 g/mol. The predicted molar refractivity (Wildman–Crippen MR) is 52.9 cm³/mol. The van der Waals surface area contributed by atoms with Crippen LogP contribution in [0.3, 0.4) is 0 Å². The SMILES string of the molecule is Cc1ccc(CO[C@@H](N)S)cc1. The molecule has 0 heterocycles. The number of hydrogen-bond donors (Lipinski definition) is 2. The molecule has 0 unspecified atom stereocenters. The van der Waals surface area contributed by atoms with Crippen LogP contribution in [0.5, 0.6) is 0 Å². The van der Waals surface area contributed by atoms with Crippen LogP contribution in [0.4, 0.5) is 0 Å². The summed E-state index contributed by atoms with van der Waals surface area (Å²) in [5.74, 6) is 0. The standard InChI is InChI=1S/C9H13NOS/c1-7-2-4-8(5-3-7)6-11-9(10)12/h2-5,9,12H,6,10H2,1H3/t9-/m1/s1. The predicted octanol–water partition coefficient (Wildman–Crippen LogP) is 1.68. The van der Waals surface area contributed by atoms with Gasteiger partial charge in [-0.3, -0.25) is 5.73 Å². The van der Waals surface area contributed by atoms with Gasteiger partial charge in [0.2, 0.25) is 0 Å². The van der Waals surface area contributed by atoms with Crippen molar-refractivity contribution in [2.75, 3.05) is 0 Å². The zero-order valence-corrected chi connectivity index (χ0v) is 7.92. The Morgan fingerprint density at radius 2 is 2.00 bits per heavy atom. The van der Waals surface area contributed by atoms with E-state index in [0.29, 0.717) is 6.61 Å². The Morgan fingerprint density at radius 3 is 2.50 bits per heavy atom. The van der Waals surface area contributed by atoms with Crippen molar-refractivity contribution in [1.29, 1.82) is 0 Å². The van der Waals surface area contributed by atoms with Crippen molar-refractivity contribution in [2.24, 2.45) is 5.73 Å². The Bertz CT molecular complexity index is 233. The molecule has 3 heteroatoms. The Hall–Kier alpha value is -0.510. The fourth-order valence-corrected chi connectivity index (χ4v) is 0.940. The average molecular weight is 183 g/mol. The van der Waals surface area contributed by atoms with Crippen LogP contribution in [0.25, 0.3) is 0 Å². The molecule has 0 saturated carbocycles. The lowest BCUT2D eigenvalue weighted by Crippen LogP contribution is -2.15. The fraction of sp³-hybridized carbons (Fsp3) is 0.333. The van der Waals surface area contributed by atoms with Crippen molar-refractivity contribution in [3.05, 3.63) is 35.4 Å². The molecule has 0 spiro atoms. The Labute approximate surface area is 78.1 Å². The van der Waals surface area contributed by atoms with Gasteiger partial charge in [0.15, 0.2) is 5.56 Å². The second-order valence-electron chi connectivity index (χ2n) is 2.69. The van der Waals surface area contributed by atoms with E-state index in [0.717, 1.165) is 5.56 Å². The second kappa shape index (κ2) is 4.50. The van der Waals surface area contributed by atoms with Crippen LogP contribution in [-0.2, 0) is 11.3 Å². The third-order valence-electron chi connectivity index (χ3n) is 1.54. The molecule has 0 fully saturated rings. The van der Waals surface area contributed by atoms with Crippen LogP contribution in [0, 0.1) is 6.92 Å². The average Bonchev–Trinajstić information content (AvgIpc) is 2.03. The van der Waals surface area contributed by atoms with Gasteiger partial charge in [-0.1, -0.05) is 29.8 Å². The highest BCUT2D eigenvalue weighted by Gasteiger charge is 1.95. The molecular weight excluding hydrogens is 170 g/mol. The van der Waals surface area contributed by atoms with Gasteiger partial charge >= 0.3 is 0 Å². The van der Waals surface area contributed by atoms with E-state index in [1.54, 1.807) is 0 Å². The highest BCUT2D eigenvalue weighted by Crippen LogP contribution is 2.05. The van der Waals surface area contributed by atoms with E-state index < -0.39 is 5.56 Å². The summed E-state index contributed by atoms with van der Waals surface area (Å²) in [6.07, 6.45) is 0. The van der Waals surface area contributed by atoms with Crippen molar-refractivity contribution >= 4 is 12.6 Å². The number of ether oxygens (including phenoxy) is 1. The molecule has 0 aliphatic heterocycles. The van der Waals surface area contributed by atoms with Gasteiger partial charge in [0.05, 0.1) is 6.61 Å². The van der Waals surface area contributed by atoms with E-state index in [-0.39, 0.29) is 0 Å². The first-order valence-electron chi connectivity index (χ1n) is 3.79. The summed E-state index contributed by atoms with van der Waals surface area (Å²) in [5, 5.41) is 0. The number of hydrogen-bond acceptors (Lipinski definition) is 3. The van der Waals surface area contributed by atoms with Crippen LogP contribution in [-0.4, -0.2) is 5.56 Å². The van der Waals surface area contributed by atoms with E-state index in [4.69, 9.17) is 10.5 Å². The summed E-state index contributed by atoms with van der Waals surface area (Å²) in [6.45, 7) is 2.57. The first kappa shape index (κ1) is 9.58. The third kappa shape index (κ3) is 3.26. The molecule has 0 aromatic heterocycles. The third-order valence-corrected chi connectivity index (χ3v) is 1.69. The Kier molecular flexibility index (Phi) is 3.59. The molecule has 66 valence electrons. The smallest absolute Gasteiger partial charge is 0.151 e. The minimum absolute atomic E-state index is 0.494. The van der Waals surface area contributed by atoms with E-state index in [1.165, 1.54) is 5.56 Å². The summed E-state index contributed by atoms with van der Waals surface area (Å²) < 4.78 is 5.11.